The minimum absolute atomic E-state index is 0.484. The molecular formula is C8H11N3. The first-order chi connectivity index (χ1) is 5.40. The summed E-state index contributed by atoms with van der Waals surface area (Å²) in [5.74, 6) is 0.689. The van der Waals surface area contributed by atoms with Gasteiger partial charge in [0.2, 0.25) is 0 Å². The second kappa shape index (κ2) is 2.58. The van der Waals surface area contributed by atoms with Gasteiger partial charge in [-0.25, -0.2) is 0 Å². The van der Waals surface area contributed by atoms with Crippen LogP contribution in [0.4, 0.5) is 0 Å². The maximum atomic E-state index is 5.39. The quantitative estimate of drug-likeness (QED) is 0.677. The second-order valence-corrected chi connectivity index (χ2v) is 2.91. The van der Waals surface area contributed by atoms with Crippen molar-refractivity contribution in [3.63, 3.8) is 0 Å². The van der Waals surface area contributed by atoms with E-state index in [1.165, 1.54) is 12.8 Å². The first-order valence-corrected chi connectivity index (χ1v) is 3.91. The van der Waals surface area contributed by atoms with Gasteiger partial charge in [-0.05, 0) is 12.8 Å². The fourth-order valence-electron chi connectivity index (χ4n) is 1.06. The highest BCUT2D eigenvalue weighted by Crippen LogP contribution is 2.38. The standard InChI is InChI=1S/C8H11N3/c9-3-7-4-11-8(5-10-7)6-1-2-6/h4-6H,1-3,9H2. The number of hydrogen-bond acceptors (Lipinski definition) is 3. The van der Waals surface area contributed by atoms with E-state index >= 15 is 0 Å². The molecule has 0 atom stereocenters. The summed E-state index contributed by atoms with van der Waals surface area (Å²) in [4.78, 5) is 8.44. The van der Waals surface area contributed by atoms with Crippen molar-refractivity contribution in [3.8, 4) is 0 Å². The van der Waals surface area contributed by atoms with Crippen LogP contribution in [0.3, 0.4) is 0 Å². The van der Waals surface area contributed by atoms with E-state index in [9.17, 15) is 0 Å². The van der Waals surface area contributed by atoms with Crippen LogP contribution in [-0.2, 0) is 6.54 Å². The maximum Gasteiger partial charge on any atom is 0.0722 e. The monoisotopic (exact) mass is 149 g/mol. The molecule has 0 bridgehead atoms. The predicted octanol–water partition coefficient (Wildman–Crippen LogP) is 0.813. The van der Waals surface area contributed by atoms with Crippen molar-refractivity contribution in [2.45, 2.75) is 25.3 Å². The largest absolute Gasteiger partial charge is 0.325 e. The van der Waals surface area contributed by atoms with Crippen molar-refractivity contribution in [2.24, 2.45) is 5.73 Å². The van der Waals surface area contributed by atoms with Crippen LogP contribution in [0.5, 0.6) is 0 Å². The molecule has 0 amide bonds. The molecular weight excluding hydrogens is 138 g/mol. The lowest BCUT2D eigenvalue weighted by atomic mass is 10.3. The lowest BCUT2D eigenvalue weighted by molar-refractivity contribution is 0.912. The molecule has 58 valence electrons. The number of aromatic nitrogens is 2. The van der Waals surface area contributed by atoms with E-state index in [1.54, 1.807) is 6.20 Å². The normalized spacial score (nSPS) is 16.8. The Balaban J connectivity index is 2.19. The van der Waals surface area contributed by atoms with Gasteiger partial charge in [0.1, 0.15) is 0 Å². The Labute approximate surface area is 65.7 Å². The summed E-state index contributed by atoms with van der Waals surface area (Å²) in [5, 5.41) is 0. The van der Waals surface area contributed by atoms with E-state index in [-0.39, 0.29) is 0 Å². The molecule has 1 heterocycles. The second-order valence-electron chi connectivity index (χ2n) is 2.91. The molecule has 0 unspecified atom stereocenters. The third-order valence-electron chi connectivity index (χ3n) is 1.93. The minimum Gasteiger partial charge on any atom is -0.325 e. The predicted molar refractivity (Wildman–Crippen MR) is 41.9 cm³/mol. The van der Waals surface area contributed by atoms with Crippen LogP contribution in [0.1, 0.15) is 30.1 Å². The van der Waals surface area contributed by atoms with Crippen LogP contribution < -0.4 is 5.73 Å². The molecule has 1 aromatic heterocycles. The van der Waals surface area contributed by atoms with Gasteiger partial charge in [0.05, 0.1) is 17.6 Å². The van der Waals surface area contributed by atoms with E-state index in [0.717, 1.165) is 11.4 Å². The fraction of sp³-hybridized carbons (Fsp3) is 0.500. The molecule has 11 heavy (non-hydrogen) atoms. The van der Waals surface area contributed by atoms with Crippen molar-refractivity contribution in [2.75, 3.05) is 0 Å². The molecule has 1 saturated carbocycles. The lowest BCUT2D eigenvalue weighted by Crippen LogP contribution is -2.01. The molecule has 2 rings (SSSR count). The Bertz CT molecular complexity index is 238. The van der Waals surface area contributed by atoms with E-state index < -0.39 is 0 Å². The summed E-state index contributed by atoms with van der Waals surface area (Å²) in [6.07, 6.45) is 6.17. The van der Waals surface area contributed by atoms with Crippen LogP contribution in [0.25, 0.3) is 0 Å². The first kappa shape index (κ1) is 6.73. The first-order valence-electron chi connectivity index (χ1n) is 3.91. The van der Waals surface area contributed by atoms with E-state index in [1.807, 2.05) is 6.20 Å². The Morgan fingerprint density at radius 1 is 1.36 bits per heavy atom. The van der Waals surface area contributed by atoms with Crippen LogP contribution in [0.15, 0.2) is 12.4 Å². The summed E-state index contributed by atoms with van der Waals surface area (Å²) in [5.41, 5.74) is 7.39. The molecule has 1 aliphatic carbocycles. The third kappa shape index (κ3) is 1.38. The van der Waals surface area contributed by atoms with Crippen LogP contribution in [-0.4, -0.2) is 9.97 Å². The van der Waals surface area contributed by atoms with E-state index in [4.69, 9.17) is 5.73 Å². The van der Waals surface area contributed by atoms with Gasteiger partial charge in [-0.1, -0.05) is 0 Å². The van der Waals surface area contributed by atoms with Gasteiger partial charge < -0.3 is 5.73 Å². The average Bonchev–Trinajstić information content (AvgIpc) is 2.87. The van der Waals surface area contributed by atoms with Gasteiger partial charge in [0, 0.05) is 18.7 Å². The molecule has 0 radical (unpaired) electrons. The fourth-order valence-corrected chi connectivity index (χ4v) is 1.06. The SMILES string of the molecule is NCc1cnc(C2CC2)cn1. The summed E-state index contributed by atoms with van der Waals surface area (Å²) >= 11 is 0. The third-order valence-corrected chi connectivity index (χ3v) is 1.93. The molecule has 0 aliphatic heterocycles. The van der Waals surface area contributed by atoms with Gasteiger partial charge in [-0.3, -0.25) is 9.97 Å². The Kier molecular flexibility index (Phi) is 1.58. The van der Waals surface area contributed by atoms with E-state index in [0.29, 0.717) is 12.5 Å². The van der Waals surface area contributed by atoms with Gasteiger partial charge in [0.25, 0.3) is 0 Å². The van der Waals surface area contributed by atoms with Crippen LogP contribution in [0, 0.1) is 0 Å². The van der Waals surface area contributed by atoms with Crippen molar-refractivity contribution in [1.29, 1.82) is 0 Å². The Morgan fingerprint density at radius 3 is 2.64 bits per heavy atom. The van der Waals surface area contributed by atoms with Gasteiger partial charge in [-0.15, -0.1) is 0 Å². The highest BCUT2D eigenvalue weighted by Gasteiger charge is 2.24. The topological polar surface area (TPSA) is 51.8 Å². The zero-order chi connectivity index (χ0) is 7.68. The van der Waals surface area contributed by atoms with Crippen molar-refractivity contribution in [3.05, 3.63) is 23.8 Å². The smallest absolute Gasteiger partial charge is 0.0722 e. The Hall–Kier alpha value is -0.960. The average molecular weight is 149 g/mol. The summed E-state index contributed by atoms with van der Waals surface area (Å²) < 4.78 is 0. The van der Waals surface area contributed by atoms with Gasteiger partial charge >= 0.3 is 0 Å². The number of nitrogens with two attached hydrogens (primary N) is 1. The maximum absolute atomic E-state index is 5.39. The molecule has 1 aliphatic rings. The molecule has 3 nitrogen and oxygen atoms in total. The zero-order valence-electron chi connectivity index (χ0n) is 6.33. The summed E-state index contributed by atoms with van der Waals surface area (Å²) in [6.45, 7) is 0.484. The van der Waals surface area contributed by atoms with Crippen LogP contribution in [0.2, 0.25) is 0 Å². The minimum atomic E-state index is 0.484. The van der Waals surface area contributed by atoms with Crippen molar-refractivity contribution in [1.82, 2.24) is 9.97 Å². The van der Waals surface area contributed by atoms with Crippen molar-refractivity contribution < 1.29 is 0 Å². The number of rotatable bonds is 2. The highest BCUT2D eigenvalue weighted by atomic mass is 14.8. The molecule has 0 spiro atoms. The van der Waals surface area contributed by atoms with Crippen LogP contribution >= 0.6 is 0 Å². The number of nitrogens with zero attached hydrogens (tertiary/aromatic N) is 2. The van der Waals surface area contributed by atoms with Crippen molar-refractivity contribution >= 4 is 0 Å². The molecule has 1 aromatic rings. The molecule has 1 fully saturated rings. The number of hydrogen-bond donors (Lipinski definition) is 1. The highest BCUT2D eigenvalue weighted by molar-refractivity contribution is 5.12. The molecule has 3 heteroatoms. The van der Waals surface area contributed by atoms with Gasteiger partial charge in [0.15, 0.2) is 0 Å². The van der Waals surface area contributed by atoms with E-state index in [2.05, 4.69) is 9.97 Å². The summed E-state index contributed by atoms with van der Waals surface area (Å²) in [7, 11) is 0. The zero-order valence-corrected chi connectivity index (χ0v) is 6.33. The molecule has 0 saturated heterocycles. The van der Waals surface area contributed by atoms with Gasteiger partial charge in [-0.2, -0.15) is 0 Å². The lowest BCUT2D eigenvalue weighted by Gasteiger charge is -1.97. The summed E-state index contributed by atoms with van der Waals surface area (Å²) in [6, 6.07) is 0. The Morgan fingerprint density at radius 2 is 2.18 bits per heavy atom. The molecule has 2 N–H and O–H groups in total. The molecule has 0 aromatic carbocycles.